The molecule has 0 aliphatic heterocycles. The van der Waals surface area contributed by atoms with Crippen molar-refractivity contribution in [3.8, 4) is 0 Å². The number of amides is 1. The molecule has 0 fully saturated rings. The zero-order valence-electron chi connectivity index (χ0n) is 12.2. The van der Waals surface area contributed by atoms with Crippen LogP contribution in [0, 0.1) is 0 Å². The fraction of sp³-hybridized carbons (Fsp3) is 0.235. The number of rotatable bonds is 5. The molecule has 5 heteroatoms. The highest BCUT2D eigenvalue weighted by Gasteiger charge is 2.17. The number of aliphatic hydroxyl groups is 1. The van der Waals surface area contributed by atoms with Crippen LogP contribution < -0.4 is 5.32 Å². The molecule has 0 aliphatic rings. The van der Waals surface area contributed by atoms with Crippen LogP contribution in [0.5, 0.6) is 0 Å². The lowest BCUT2D eigenvalue weighted by atomic mass is 10.1. The molecule has 0 saturated heterocycles. The lowest BCUT2D eigenvalue weighted by molar-refractivity contribution is 0.0914. The van der Waals surface area contributed by atoms with E-state index in [0.29, 0.717) is 12.1 Å². The number of nitrogens with one attached hydrogen (secondary N) is 2. The predicted molar refractivity (Wildman–Crippen MR) is 89.1 cm³/mol. The SMILES string of the molecule is C[C@H](C[C@H](O)c1cccs1)NC(=O)c1cc2ccccc2[nH]1. The normalized spacial score (nSPS) is 13.9. The molecule has 0 radical (unpaired) electrons. The maximum Gasteiger partial charge on any atom is 0.267 e. The van der Waals surface area contributed by atoms with E-state index < -0.39 is 6.10 Å². The van der Waals surface area contributed by atoms with Crippen LogP contribution in [-0.2, 0) is 0 Å². The zero-order valence-corrected chi connectivity index (χ0v) is 13.1. The van der Waals surface area contributed by atoms with Crippen LogP contribution in [-0.4, -0.2) is 22.0 Å². The van der Waals surface area contributed by atoms with Crippen LogP contribution in [0.15, 0.2) is 47.8 Å². The summed E-state index contributed by atoms with van der Waals surface area (Å²) in [6.45, 7) is 1.90. The average Bonchev–Trinajstić information content (AvgIpc) is 3.16. The van der Waals surface area contributed by atoms with Crippen molar-refractivity contribution < 1.29 is 9.90 Å². The summed E-state index contributed by atoms with van der Waals surface area (Å²) in [4.78, 5) is 16.3. The third-order valence-corrected chi connectivity index (χ3v) is 4.57. The van der Waals surface area contributed by atoms with Crippen molar-refractivity contribution in [2.45, 2.75) is 25.5 Å². The Morgan fingerprint density at radius 3 is 2.86 bits per heavy atom. The van der Waals surface area contributed by atoms with E-state index in [1.165, 1.54) is 11.3 Å². The maximum absolute atomic E-state index is 12.3. The number of fused-ring (bicyclic) bond motifs is 1. The number of aliphatic hydroxyl groups excluding tert-OH is 1. The molecule has 3 aromatic rings. The quantitative estimate of drug-likeness (QED) is 0.675. The fourth-order valence-corrected chi connectivity index (χ4v) is 3.21. The Kier molecular flexibility index (Phi) is 4.27. The number of aromatic nitrogens is 1. The molecule has 0 saturated carbocycles. The predicted octanol–water partition coefficient (Wildman–Crippen LogP) is 3.47. The minimum Gasteiger partial charge on any atom is -0.387 e. The minimum atomic E-state index is -0.544. The van der Waals surface area contributed by atoms with Crippen LogP contribution in [0.25, 0.3) is 10.9 Å². The summed E-state index contributed by atoms with van der Waals surface area (Å²) < 4.78 is 0. The Labute approximate surface area is 132 Å². The van der Waals surface area contributed by atoms with Gasteiger partial charge in [-0.15, -0.1) is 11.3 Å². The number of aromatic amines is 1. The van der Waals surface area contributed by atoms with Crippen molar-refractivity contribution in [3.63, 3.8) is 0 Å². The van der Waals surface area contributed by atoms with Gasteiger partial charge < -0.3 is 15.4 Å². The van der Waals surface area contributed by atoms with Gasteiger partial charge in [-0.2, -0.15) is 0 Å². The van der Waals surface area contributed by atoms with Gasteiger partial charge in [0.1, 0.15) is 5.69 Å². The zero-order chi connectivity index (χ0) is 15.5. The Balaban J connectivity index is 1.63. The molecule has 114 valence electrons. The second-order valence-electron chi connectivity index (χ2n) is 5.41. The van der Waals surface area contributed by atoms with Gasteiger partial charge in [0.15, 0.2) is 0 Å². The second kappa shape index (κ2) is 6.34. The van der Waals surface area contributed by atoms with Crippen molar-refractivity contribution in [1.82, 2.24) is 10.3 Å². The third kappa shape index (κ3) is 3.21. The molecule has 3 rings (SSSR count). The first-order valence-electron chi connectivity index (χ1n) is 7.23. The Hall–Kier alpha value is -2.11. The molecular formula is C17H18N2O2S. The number of hydrogen-bond donors (Lipinski definition) is 3. The monoisotopic (exact) mass is 314 g/mol. The molecule has 0 unspecified atom stereocenters. The molecule has 2 atom stereocenters. The van der Waals surface area contributed by atoms with E-state index in [2.05, 4.69) is 10.3 Å². The lowest BCUT2D eigenvalue weighted by Crippen LogP contribution is -2.33. The molecule has 4 nitrogen and oxygen atoms in total. The number of carbonyl (C=O) groups excluding carboxylic acids is 1. The first-order chi connectivity index (χ1) is 10.6. The maximum atomic E-state index is 12.3. The summed E-state index contributed by atoms with van der Waals surface area (Å²) in [6.07, 6.45) is -0.0510. The van der Waals surface area contributed by atoms with Crippen molar-refractivity contribution in [3.05, 3.63) is 58.4 Å². The van der Waals surface area contributed by atoms with Crippen molar-refractivity contribution in [2.75, 3.05) is 0 Å². The van der Waals surface area contributed by atoms with Gasteiger partial charge in [-0.05, 0) is 36.9 Å². The number of benzene rings is 1. The van der Waals surface area contributed by atoms with Crippen LogP contribution in [0.4, 0.5) is 0 Å². The smallest absolute Gasteiger partial charge is 0.267 e. The van der Waals surface area contributed by atoms with Gasteiger partial charge >= 0.3 is 0 Å². The van der Waals surface area contributed by atoms with Gasteiger partial charge in [-0.1, -0.05) is 24.3 Å². The summed E-state index contributed by atoms with van der Waals surface area (Å²) >= 11 is 1.52. The highest BCUT2D eigenvalue weighted by atomic mass is 32.1. The third-order valence-electron chi connectivity index (χ3n) is 3.60. The molecular weight excluding hydrogens is 296 g/mol. The summed E-state index contributed by atoms with van der Waals surface area (Å²) in [6, 6.07) is 13.3. The molecule has 3 N–H and O–H groups in total. The largest absolute Gasteiger partial charge is 0.387 e. The van der Waals surface area contributed by atoms with E-state index in [1.54, 1.807) is 0 Å². The topological polar surface area (TPSA) is 65.1 Å². The highest BCUT2D eigenvalue weighted by molar-refractivity contribution is 7.10. The van der Waals surface area contributed by atoms with Crippen LogP contribution in [0.1, 0.15) is 34.8 Å². The molecule has 22 heavy (non-hydrogen) atoms. The van der Waals surface area contributed by atoms with Crippen LogP contribution in [0.3, 0.4) is 0 Å². The summed E-state index contributed by atoms with van der Waals surface area (Å²) in [5, 5.41) is 16.0. The summed E-state index contributed by atoms with van der Waals surface area (Å²) in [5.41, 5.74) is 1.48. The first-order valence-corrected chi connectivity index (χ1v) is 8.11. The molecule has 0 aliphatic carbocycles. The van der Waals surface area contributed by atoms with Gasteiger partial charge in [0.05, 0.1) is 6.10 Å². The minimum absolute atomic E-state index is 0.115. The van der Waals surface area contributed by atoms with Gasteiger partial charge in [0.2, 0.25) is 0 Å². The van der Waals surface area contributed by atoms with E-state index in [-0.39, 0.29) is 11.9 Å². The van der Waals surface area contributed by atoms with Crippen LogP contribution >= 0.6 is 11.3 Å². The van der Waals surface area contributed by atoms with Gasteiger partial charge in [0, 0.05) is 21.8 Å². The Morgan fingerprint density at radius 2 is 2.14 bits per heavy atom. The highest BCUT2D eigenvalue weighted by Crippen LogP contribution is 2.23. The molecule has 1 amide bonds. The van der Waals surface area contributed by atoms with E-state index >= 15 is 0 Å². The van der Waals surface area contributed by atoms with E-state index in [9.17, 15) is 9.90 Å². The van der Waals surface area contributed by atoms with Crippen molar-refractivity contribution >= 4 is 28.1 Å². The number of H-pyrrole nitrogens is 1. The van der Waals surface area contributed by atoms with Gasteiger partial charge in [0.25, 0.3) is 5.91 Å². The number of hydrogen-bond acceptors (Lipinski definition) is 3. The van der Waals surface area contributed by atoms with Crippen LogP contribution in [0.2, 0.25) is 0 Å². The molecule has 0 spiro atoms. The van der Waals surface area contributed by atoms with Gasteiger partial charge in [-0.3, -0.25) is 4.79 Å². The molecule has 2 aromatic heterocycles. The summed E-state index contributed by atoms with van der Waals surface area (Å²) in [7, 11) is 0. The van der Waals surface area contributed by atoms with E-state index in [4.69, 9.17) is 0 Å². The fourth-order valence-electron chi connectivity index (χ4n) is 2.49. The standard InChI is InChI=1S/C17H18N2O2S/c1-11(9-15(20)16-7-4-8-22-16)18-17(21)14-10-12-5-2-3-6-13(12)19-14/h2-8,10-11,15,19-20H,9H2,1H3,(H,18,21)/t11-,15+/m1/s1. The average molecular weight is 314 g/mol. The molecule has 1 aromatic carbocycles. The Morgan fingerprint density at radius 1 is 1.32 bits per heavy atom. The number of carbonyl (C=O) groups is 1. The van der Waals surface area contributed by atoms with Crippen molar-refractivity contribution in [2.24, 2.45) is 0 Å². The summed E-state index contributed by atoms with van der Waals surface area (Å²) in [5.74, 6) is -0.151. The molecule has 2 heterocycles. The van der Waals surface area contributed by atoms with Gasteiger partial charge in [-0.25, -0.2) is 0 Å². The Bertz CT molecular complexity index is 731. The molecule has 0 bridgehead atoms. The number of para-hydroxylation sites is 1. The lowest BCUT2D eigenvalue weighted by Gasteiger charge is -2.16. The van der Waals surface area contributed by atoms with E-state index in [0.717, 1.165) is 15.8 Å². The van der Waals surface area contributed by atoms with E-state index in [1.807, 2.05) is 54.8 Å². The first kappa shape index (κ1) is 14.8. The van der Waals surface area contributed by atoms with Crippen molar-refractivity contribution in [1.29, 1.82) is 0 Å². The number of thiophene rings is 1. The second-order valence-corrected chi connectivity index (χ2v) is 6.39.